The molecule has 1 aromatic rings. The molecule has 1 aromatic carbocycles. The Bertz CT molecular complexity index is 522. The summed E-state index contributed by atoms with van der Waals surface area (Å²) >= 11 is 6.56. The minimum atomic E-state index is -4.75. The van der Waals surface area contributed by atoms with Crippen molar-refractivity contribution in [1.29, 1.82) is 0 Å². The number of halogens is 5. The van der Waals surface area contributed by atoms with Crippen LogP contribution in [0.3, 0.4) is 0 Å². The van der Waals surface area contributed by atoms with Crippen molar-refractivity contribution < 1.29 is 22.7 Å². The number of hydrogen-bond acceptors (Lipinski definition) is 2. The standard InChI is InChI=1S/C12H10Br2F3NO2/c13-5-7-3-11(19)18(6-7)10-4-8(1-2-9(10)14)20-12(15,16)17/h1-2,4,7H,3,5-6H2. The van der Waals surface area contributed by atoms with Crippen LogP contribution >= 0.6 is 31.9 Å². The van der Waals surface area contributed by atoms with Gasteiger partial charge < -0.3 is 9.64 Å². The Kier molecular flexibility index (Phi) is 4.63. The van der Waals surface area contributed by atoms with Gasteiger partial charge in [0.2, 0.25) is 5.91 Å². The monoisotopic (exact) mass is 415 g/mol. The number of amides is 1. The molecular weight excluding hydrogens is 407 g/mol. The van der Waals surface area contributed by atoms with Crippen molar-refractivity contribution >= 4 is 43.5 Å². The zero-order valence-electron chi connectivity index (χ0n) is 10.1. The molecule has 1 atom stereocenters. The molecule has 2 rings (SSSR count). The Morgan fingerprint density at radius 3 is 2.65 bits per heavy atom. The molecule has 1 unspecified atom stereocenters. The molecule has 1 fully saturated rings. The topological polar surface area (TPSA) is 29.5 Å². The van der Waals surface area contributed by atoms with Crippen LogP contribution in [0.5, 0.6) is 5.75 Å². The minimum Gasteiger partial charge on any atom is -0.406 e. The van der Waals surface area contributed by atoms with Crippen molar-refractivity contribution in [2.45, 2.75) is 12.8 Å². The van der Waals surface area contributed by atoms with Gasteiger partial charge in [0.1, 0.15) is 5.75 Å². The Morgan fingerprint density at radius 1 is 1.40 bits per heavy atom. The molecule has 3 nitrogen and oxygen atoms in total. The van der Waals surface area contributed by atoms with Crippen molar-refractivity contribution in [3.8, 4) is 5.75 Å². The van der Waals surface area contributed by atoms with Crippen molar-refractivity contribution in [3.05, 3.63) is 22.7 Å². The fourth-order valence-electron chi connectivity index (χ4n) is 2.01. The van der Waals surface area contributed by atoms with Crippen LogP contribution in [0.15, 0.2) is 22.7 Å². The molecule has 0 spiro atoms. The van der Waals surface area contributed by atoms with E-state index in [9.17, 15) is 18.0 Å². The zero-order valence-corrected chi connectivity index (χ0v) is 13.3. The first kappa shape index (κ1) is 15.6. The second-order valence-electron chi connectivity index (χ2n) is 4.39. The summed E-state index contributed by atoms with van der Waals surface area (Å²) in [6.07, 6.45) is -4.37. The van der Waals surface area contributed by atoms with Gasteiger partial charge in [0, 0.05) is 28.8 Å². The quantitative estimate of drug-likeness (QED) is 0.694. The average Bonchev–Trinajstić information content (AvgIpc) is 2.71. The van der Waals surface area contributed by atoms with E-state index in [1.807, 2.05) is 0 Å². The SMILES string of the molecule is O=C1CC(CBr)CN1c1cc(OC(F)(F)F)ccc1Br. The van der Waals surface area contributed by atoms with E-state index in [-0.39, 0.29) is 17.6 Å². The molecule has 1 heterocycles. The van der Waals surface area contributed by atoms with Crippen LogP contribution in [0, 0.1) is 5.92 Å². The molecule has 1 amide bonds. The van der Waals surface area contributed by atoms with Crippen LogP contribution in [0.25, 0.3) is 0 Å². The maximum Gasteiger partial charge on any atom is 0.573 e. The number of carbonyl (C=O) groups excluding carboxylic acids is 1. The molecule has 1 aliphatic heterocycles. The third kappa shape index (κ3) is 3.66. The molecule has 0 radical (unpaired) electrons. The highest BCUT2D eigenvalue weighted by atomic mass is 79.9. The van der Waals surface area contributed by atoms with Gasteiger partial charge in [-0.25, -0.2) is 0 Å². The smallest absolute Gasteiger partial charge is 0.406 e. The Labute approximate surface area is 130 Å². The van der Waals surface area contributed by atoms with E-state index in [1.165, 1.54) is 23.1 Å². The molecule has 0 N–H and O–H groups in total. The molecule has 1 saturated heterocycles. The summed E-state index contributed by atoms with van der Waals surface area (Å²) in [4.78, 5) is 13.4. The lowest BCUT2D eigenvalue weighted by Gasteiger charge is -2.19. The largest absolute Gasteiger partial charge is 0.573 e. The maximum atomic E-state index is 12.2. The van der Waals surface area contributed by atoms with E-state index in [1.54, 1.807) is 0 Å². The van der Waals surface area contributed by atoms with Crippen molar-refractivity contribution in [2.75, 3.05) is 16.8 Å². The summed E-state index contributed by atoms with van der Waals surface area (Å²) in [5.41, 5.74) is 0.389. The molecule has 0 aromatic heterocycles. The van der Waals surface area contributed by atoms with E-state index < -0.39 is 6.36 Å². The first-order valence-corrected chi connectivity index (χ1v) is 7.63. The van der Waals surface area contributed by atoms with Gasteiger partial charge >= 0.3 is 6.36 Å². The van der Waals surface area contributed by atoms with Gasteiger partial charge in [-0.3, -0.25) is 4.79 Å². The molecule has 0 saturated carbocycles. The number of ether oxygens (including phenoxy) is 1. The van der Waals surface area contributed by atoms with E-state index in [2.05, 4.69) is 36.6 Å². The summed E-state index contributed by atoms with van der Waals surface area (Å²) in [7, 11) is 0. The Hall–Kier alpha value is -0.760. The van der Waals surface area contributed by atoms with Crippen molar-refractivity contribution in [3.63, 3.8) is 0 Å². The Balaban J connectivity index is 2.27. The van der Waals surface area contributed by atoms with Crippen molar-refractivity contribution in [2.24, 2.45) is 5.92 Å². The number of hydrogen-bond donors (Lipinski definition) is 0. The average molecular weight is 417 g/mol. The molecule has 110 valence electrons. The van der Waals surface area contributed by atoms with E-state index >= 15 is 0 Å². The van der Waals surface area contributed by atoms with Gasteiger partial charge in [0.15, 0.2) is 0 Å². The van der Waals surface area contributed by atoms with Crippen molar-refractivity contribution in [1.82, 2.24) is 0 Å². The molecular formula is C12H10Br2F3NO2. The van der Waals surface area contributed by atoms with Gasteiger partial charge in [-0.05, 0) is 34.0 Å². The first-order chi connectivity index (χ1) is 9.30. The molecule has 1 aliphatic rings. The van der Waals surface area contributed by atoms with Crippen LogP contribution in [-0.4, -0.2) is 24.1 Å². The van der Waals surface area contributed by atoms with Gasteiger partial charge in [0.05, 0.1) is 5.69 Å². The number of anilines is 1. The number of rotatable bonds is 3. The minimum absolute atomic E-state index is 0.112. The maximum absolute atomic E-state index is 12.2. The summed E-state index contributed by atoms with van der Waals surface area (Å²) < 4.78 is 41.1. The normalized spacial score (nSPS) is 19.6. The summed E-state index contributed by atoms with van der Waals surface area (Å²) in [6, 6.07) is 3.85. The number of nitrogens with zero attached hydrogens (tertiary/aromatic N) is 1. The van der Waals surface area contributed by atoms with E-state index in [0.717, 1.165) is 0 Å². The summed E-state index contributed by atoms with van der Waals surface area (Å²) in [6.45, 7) is 0.470. The predicted octanol–water partition coefficient (Wildman–Crippen LogP) is 4.10. The first-order valence-electron chi connectivity index (χ1n) is 5.72. The second kappa shape index (κ2) is 5.93. The highest BCUT2D eigenvalue weighted by molar-refractivity contribution is 9.10. The zero-order chi connectivity index (χ0) is 14.9. The summed E-state index contributed by atoms with van der Waals surface area (Å²) in [5.74, 6) is -0.299. The number of alkyl halides is 4. The predicted molar refractivity (Wildman–Crippen MR) is 75.1 cm³/mol. The molecule has 0 aliphatic carbocycles. The molecule has 8 heteroatoms. The molecule has 20 heavy (non-hydrogen) atoms. The lowest BCUT2D eigenvalue weighted by molar-refractivity contribution is -0.274. The lowest BCUT2D eigenvalue weighted by Crippen LogP contribution is -2.25. The van der Waals surface area contributed by atoms with Crippen LogP contribution in [0.2, 0.25) is 0 Å². The highest BCUT2D eigenvalue weighted by Crippen LogP contribution is 2.36. The third-order valence-electron chi connectivity index (χ3n) is 2.87. The lowest BCUT2D eigenvalue weighted by atomic mass is 10.2. The summed E-state index contributed by atoms with van der Waals surface area (Å²) in [5, 5.41) is 0.672. The number of benzene rings is 1. The highest BCUT2D eigenvalue weighted by Gasteiger charge is 2.33. The van der Waals surface area contributed by atoms with Crippen LogP contribution in [0.4, 0.5) is 18.9 Å². The van der Waals surface area contributed by atoms with Gasteiger partial charge in [-0.2, -0.15) is 0 Å². The van der Waals surface area contributed by atoms with Gasteiger partial charge in [-0.1, -0.05) is 15.9 Å². The second-order valence-corrected chi connectivity index (χ2v) is 5.89. The van der Waals surface area contributed by atoms with E-state index in [0.29, 0.717) is 28.5 Å². The fourth-order valence-corrected chi connectivity index (χ4v) is 2.91. The Morgan fingerprint density at radius 2 is 2.10 bits per heavy atom. The van der Waals surface area contributed by atoms with Gasteiger partial charge in [0.25, 0.3) is 0 Å². The van der Waals surface area contributed by atoms with E-state index in [4.69, 9.17) is 0 Å². The number of carbonyl (C=O) groups is 1. The van der Waals surface area contributed by atoms with Crippen LogP contribution in [0.1, 0.15) is 6.42 Å². The van der Waals surface area contributed by atoms with Crippen LogP contribution < -0.4 is 9.64 Å². The fraction of sp³-hybridized carbons (Fsp3) is 0.417. The molecule has 0 bridgehead atoms. The third-order valence-corrected chi connectivity index (χ3v) is 4.45. The van der Waals surface area contributed by atoms with Crippen LogP contribution in [-0.2, 0) is 4.79 Å². The van der Waals surface area contributed by atoms with Gasteiger partial charge in [-0.15, -0.1) is 13.2 Å².